The minimum atomic E-state index is -0.406. The molecular weight excluding hydrogens is 466 g/mol. The molecule has 0 saturated carbocycles. The van der Waals surface area contributed by atoms with Crippen molar-refractivity contribution in [2.75, 3.05) is 18.1 Å². The quantitative estimate of drug-likeness (QED) is 0.622. The van der Waals surface area contributed by atoms with Gasteiger partial charge in [0.05, 0.1) is 5.92 Å². The molecule has 2 fully saturated rings. The van der Waals surface area contributed by atoms with E-state index in [1.165, 1.54) is 0 Å². The zero-order chi connectivity index (χ0) is 24.9. The molecule has 2 heterocycles. The number of rotatable bonds is 7. The van der Waals surface area contributed by atoms with Crippen LogP contribution in [0.5, 0.6) is 5.75 Å². The predicted octanol–water partition coefficient (Wildman–Crippen LogP) is 4.18. The van der Waals surface area contributed by atoms with E-state index >= 15 is 0 Å². The molecule has 2 aliphatic heterocycles. The zero-order valence-corrected chi connectivity index (χ0v) is 21.0. The summed E-state index contributed by atoms with van der Waals surface area (Å²) >= 11 is 5.90. The minimum absolute atomic E-state index is 0.00375. The summed E-state index contributed by atoms with van der Waals surface area (Å²) in [5.74, 6) is -0.0693. The standard InChI is InChI=1S/C27H32ClN3O4/c1-18-4-3-5-19(2)31(18)26(33)17-35-24-12-10-23(11-13-24)30-16-21(14-25(30)32)27(34)29-15-20-6-8-22(28)9-7-20/h6-13,18-19,21H,3-5,14-17H2,1-2H3,(H,29,34)/t18-,19-,21+/m1/s1. The Morgan fingerprint density at radius 1 is 1.03 bits per heavy atom. The molecule has 0 spiro atoms. The summed E-state index contributed by atoms with van der Waals surface area (Å²) in [6, 6.07) is 14.8. The molecule has 2 aliphatic rings. The van der Waals surface area contributed by atoms with Crippen LogP contribution in [0.1, 0.15) is 45.1 Å². The van der Waals surface area contributed by atoms with Gasteiger partial charge in [0.1, 0.15) is 5.75 Å². The molecule has 0 aliphatic carbocycles. The fourth-order valence-electron chi connectivity index (χ4n) is 4.92. The van der Waals surface area contributed by atoms with Gasteiger partial charge in [0.25, 0.3) is 5.91 Å². The number of halogens is 1. The number of hydrogen-bond donors (Lipinski definition) is 1. The highest BCUT2D eigenvalue weighted by molar-refractivity contribution is 6.30. The Kier molecular flexibility index (Phi) is 7.96. The maximum absolute atomic E-state index is 12.7. The van der Waals surface area contributed by atoms with E-state index in [0.717, 1.165) is 24.8 Å². The molecule has 0 aromatic heterocycles. The second-order valence-corrected chi connectivity index (χ2v) is 9.90. The highest BCUT2D eigenvalue weighted by Gasteiger charge is 2.35. The lowest BCUT2D eigenvalue weighted by Gasteiger charge is -2.38. The molecule has 8 heteroatoms. The number of carbonyl (C=O) groups is 3. The molecule has 1 N–H and O–H groups in total. The van der Waals surface area contributed by atoms with Crippen LogP contribution in [0.3, 0.4) is 0 Å². The fourth-order valence-corrected chi connectivity index (χ4v) is 5.05. The Labute approximate surface area is 211 Å². The van der Waals surface area contributed by atoms with Gasteiger partial charge in [0.15, 0.2) is 6.61 Å². The lowest BCUT2D eigenvalue weighted by atomic mass is 9.97. The topological polar surface area (TPSA) is 79.0 Å². The van der Waals surface area contributed by atoms with Crippen molar-refractivity contribution in [3.63, 3.8) is 0 Å². The SMILES string of the molecule is C[C@@H]1CCC[C@@H](C)N1C(=O)COc1ccc(N2C[C@@H](C(=O)NCc3ccc(Cl)cc3)CC2=O)cc1. The monoisotopic (exact) mass is 497 g/mol. The number of piperidine rings is 1. The summed E-state index contributed by atoms with van der Waals surface area (Å²) in [5.41, 5.74) is 1.65. The van der Waals surface area contributed by atoms with E-state index in [4.69, 9.17) is 16.3 Å². The van der Waals surface area contributed by atoms with E-state index in [1.54, 1.807) is 41.3 Å². The number of nitrogens with one attached hydrogen (secondary N) is 1. The fraction of sp³-hybridized carbons (Fsp3) is 0.444. The molecule has 0 unspecified atom stereocenters. The van der Waals surface area contributed by atoms with Gasteiger partial charge >= 0.3 is 0 Å². The molecule has 3 amide bonds. The van der Waals surface area contributed by atoms with Crippen LogP contribution in [-0.2, 0) is 20.9 Å². The van der Waals surface area contributed by atoms with Crippen LogP contribution in [0.25, 0.3) is 0 Å². The van der Waals surface area contributed by atoms with Crippen molar-refractivity contribution in [2.24, 2.45) is 5.92 Å². The van der Waals surface area contributed by atoms with Crippen molar-refractivity contribution in [3.05, 3.63) is 59.1 Å². The van der Waals surface area contributed by atoms with Gasteiger partial charge in [-0.1, -0.05) is 23.7 Å². The van der Waals surface area contributed by atoms with Crippen LogP contribution in [0.4, 0.5) is 5.69 Å². The van der Waals surface area contributed by atoms with Gasteiger partial charge in [-0.15, -0.1) is 0 Å². The summed E-state index contributed by atoms with van der Waals surface area (Å²) in [4.78, 5) is 41.4. The van der Waals surface area contributed by atoms with Gasteiger partial charge in [-0.25, -0.2) is 0 Å². The Morgan fingerprint density at radius 2 is 1.69 bits per heavy atom. The third-order valence-electron chi connectivity index (χ3n) is 6.87. The molecule has 3 atom stereocenters. The predicted molar refractivity (Wildman–Crippen MR) is 135 cm³/mol. The summed E-state index contributed by atoms with van der Waals surface area (Å²) in [5, 5.41) is 3.55. The molecular formula is C27H32ClN3O4. The van der Waals surface area contributed by atoms with Crippen LogP contribution in [-0.4, -0.2) is 47.9 Å². The lowest BCUT2D eigenvalue weighted by Crippen LogP contribution is -2.49. The smallest absolute Gasteiger partial charge is 0.260 e. The average molecular weight is 498 g/mol. The third-order valence-corrected chi connectivity index (χ3v) is 7.12. The van der Waals surface area contributed by atoms with E-state index in [0.29, 0.717) is 29.5 Å². The van der Waals surface area contributed by atoms with Crippen molar-refractivity contribution in [2.45, 2.75) is 58.2 Å². The molecule has 7 nitrogen and oxygen atoms in total. The largest absolute Gasteiger partial charge is 0.484 e. The van der Waals surface area contributed by atoms with E-state index in [2.05, 4.69) is 19.2 Å². The molecule has 2 aromatic carbocycles. The van der Waals surface area contributed by atoms with Gasteiger partial charge < -0.3 is 19.9 Å². The van der Waals surface area contributed by atoms with Gasteiger partial charge in [0.2, 0.25) is 11.8 Å². The third kappa shape index (κ3) is 6.14. The summed E-state index contributed by atoms with van der Waals surface area (Å²) < 4.78 is 5.74. The van der Waals surface area contributed by atoms with Crippen LogP contribution < -0.4 is 15.0 Å². The molecule has 35 heavy (non-hydrogen) atoms. The number of carbonyl (C=O) groups excluding carboxylic acids is 3. The van der Waals surface area contributed by atoms with Gasteiger partial charge in [0, 0.05) is 42.3 Å². The van der Waals surface area contributed by atoms with Gasteiger partial charge in [-0.3, -0.25) is 14.4 Å². The van der Waals surface area contributed by atoms with E-state index in [9.17, 15) is 14.4 Å². The number of hydrogen-bond acceptors (Lipinski definition) is 4. The van der Waals surface area contributed by atoms with Crippen molar-refractivity contribution in [1.82, 2.24) is 10.2 Å². The maximum Gasteiger partial charge on any atom is 0.260 e. The summed E-state index contributed by atoms with van der Waals surface area (Å²) in [6.07, 6.45) is 3.36. The van der Waals surface area contributed by atoms with Crippen LogP contribution >= 0.6 is 11.6 Å². The van der Waals surface area contributed by atoms with E-state index in [1.807, 2.05) is 17.0 Å². The molecule has 2 saturated heterocycles. The first kappa shape index (κ1) is 25.0. The zero-order valence-electron chi connectivity index (χ0n) is 20.2. The lowest BCUT2D eigenvalue weighted by molar-refractivity contribution is -0.139. The summed E-state index contributed by atoms with van der Waals surface area (Å²) in [7, 11) is 0. The molecule has 2 aromatic rings. The number of likely N-dealkylation sites (tertiary alicyclic amines) is 1. The number of ether oxygens (including phenoxy) is 1. The average Bonchev–Trinajstić information content (AvgIpc) is 3.24. The normalized spacial score (nSPS) is 22.3. The van der Waals surface area contributed by atoms with Crippen LogP contribution in [0.2, 0.25) is 5.02 Å². The molecule has 4 rings (SSSR count). The first-order chi connectivity index (χ1) is 16.8. The molecule has 0 radical (unpaired) electrons. The number of nitrogens with zero attached hydrogens (tertiary/aromatic N) is 2. The Hall–Kier alpha value is -3.06. The highest BCUT2D eigenvalue weighted by atomic mass is 35.5. The van der Waals surface area contributed by atoms with Crippen LogP contribution in [0.15, 0.2) is 48.5 Å². The first-order valence-electron chi connectivity index (χ1n) is 12.2. The van der Waals surface area contributed by atoms with E-state index in [-0.39, 0.29) is 42.8 Å². The second kappa shape index (κ2) is 11.1. The number of benzene rings is 2. The van der Waals surface area contributed by atoms with Gasteiger partial charge in [-0.2, -0.15) is 0 Å². The highest BCUT2D eigenvalue weighted by Crippen LogP contribution is 2.28. The summed E-state index contributed by atoms with van der Waals surface area (Å²) in [6.45, 7) is 4.88. The van der Waals surface area contributed by atoms with Crippen LogP contribution in [0, 0.1) is 5.92 Å². The minimum Gasteiger partial charge on any atom is -0.484 e. The van der Waals surface area contributed by atoms with Crippen molar-refractivity contribution >= 4 is 35.0 Å². The van der Waals surface area contributed by atoms with E-state index < -0.39 is 5.92 Å². The Balaban J connectivity index is 1.28. The Morgan fingerprint density at radius 3 is 2.34 bits per heavy atom. The second-order valence-electron chi connectivity index (χ2n) is 9.46. The molecule has 186 valence electrons. The first-order valence-corrected chi connectivity index (χ1v) is 12.6. The number of amides is 3. The maximum atomic E-state index is 12.7. The van der Waals surface area contributed by atoms with Gasteiger partial charge in [-0.05, 0) is 75.1 Å². The van der Waals surface area contributed by atoms with Crippen molar-refractivity contribution < 1.29 is 19.1 Å². The van der Waals surface area contributed by atoms with Crippen molar-refractivity contribution in [3.8, 4) is 5.75 Å². The Bertz CT molecular complexity index is 1050. The number of anilines is 1. The van der Waals surface area contributed by atoms with Crippen molar-refractivity contribution in [1.29, 1.82) is 0 Å². The molecule has 0 bridgehead atoms.